The number of pyridine rings is 2. The van der Waals surface area contributed by atoms with E-state index in [1.807, 2.05) is 42.2 Å². The van der Waals surface area contributed by atoms with Crippen LogP contribution in [0.15, 0.2) is 67.4 Å². The van der Waals surface area contributed by atoms with Gasteiger partial charge in [-0.3, -0.25) is 4.68 Å². The van der Waals surface area contributed by atoms with Crippen LogP contribution in [-0.4, -0.2) is 29.7 Å². The summed E-state index contributed by atoms with van der Waals surface area (Å²) in [7, 11) is 1.94. The quantitative estimate of drug-likeness (QED) is 0.334. The van der Waals surface area contributed by atoms with E-state index in [1.54, 1.807) is 18.7 Å². The molecule has 5 rings (SSSR count). The molecule has 35 heavy (non-hydrogen) atoms. The minimum absolute atomic E-state index is 0.0395. The zero-order valence-corrected chi connectivity index (χ0v) is 20.5. The monoisotopic (exact) mass is 464 g/mol. The second-order valence-electron chi connectivity index (χ2n) is 9.54. The van der Waals surface area contributed by atoms with Gasteiger partial charge in [0.2, 0.25) is 0 Å². The van der Waals surface area contributed by atoms with Crippen LogP contribution in [0.4, 0.5) is 23.1 Å². The van der Waals surface area contributed by atoms with E-state index in [1.165, 1.54) is 0 Å². The van der Waals surface area contributed by atoms with Crippen LogP contribution in [0, 0.1) is 6.92 Å². The highest BCUT2D eigenvalue weighted by molar-refractivity contribution is 6.03. The van der Waals surface area contributed by atoms with Gasteiger partial charge >= 0.3 is 0 Å². The van der Waals surface area contributed by atoms with E-state index in [4.69, 9.17) is 0 Å². The third-order valence-electron chi connectivity index (χ3n) is 5.96. The molecule has 0 aliphatic rings. The SMILES string of the molecule is Cc1ccc2c(Nc3cc(C(C)(C)C)nn3C)nccc2c1Nc1ncccc1-c1ccncn1. The van der Waals surface area contributed by atoms with Crippen molar-refractivity contribution >= 4 is 33.9 Å². The summed E-state index contributed by atoms with van der Waals surface area (Å²) >= 11 is 0. The molecule has 2 N–H and O–H groups in total. The first-order chi connectivity index (χ1) is 16.8. The van der Waals surface area contributed by atoms with Crippen molar-refractivity contribution in [2.24, 2.45) is 7.05 Å². The van der Waals surface area contributed by atoms with Crippen LogP contribution in [0.1, 0.15) is 32.0 Å². The number of nitrogens with one attached hydrogen (secondary N) is 2. The van der Waals surface area contributed by atoms with Crippen molar-refractivity contribution in [3.05, 3.63) is 78.6 Å². The molecule has 0 radical (unpaired) electrons. The highest BCUT2D eigenvalue weighted by Crippen LogP contribution is 2.36. The highest BCUT2D eigenvalue weighted by Gasteiger charge is 2.20. The van der Waals surface area contributed by atoms with Crippen LogP contribution in [-0.2, 0) is 12.5 Å². The van der Waals surface area contributed by atoms with E-state index in [9.17, 15) is 0 Å². The maximum absolute atomic E-state index is 4.68. The van der Waals surface area contributed by atoms with Crippen molar-refractivity contribution in [2.75, 3.05) is 10.6 Å². The number of aromatic nitrogens is 6. The predicted molar refractivity (Wildman–Crippen MR) is 140 cm³/mol. The van der Waals surface area contributed by atoms with Gasteiger partial charge in [0, 0.05) is 53.5 Å². The minimum atomic E-state index is -0.0395. The van der Waals surface area contributed by atoms with Gasteiger partial charge in [0.15, 0.2) is 0 Å². The number of fused-ring (bicyclic) bond motifs is 1. The molecule has 5 aromatic rings. The maximum atomic E-state index is 4.68. The summed E-state index contributed by atoms with van der Waals surface area (Å²) in [6.45, 7) is 8.55. The largest absolute Gasteiger partial charge is 0.339 e. The number of hydrogen-bond donors (Lipinski definition) is 2. The second kappa shape index (κ2) is 8.79. The lowest BCUT2D eigenvalue weighted by molar-refractivity contribution is 0.553. The molecular formula is C27H28N8. The minimum Gasteiger partial charge on any atom is -0.339 e. The van der Waals surface area contributed by atoms with Gasteiger partial charge in [0.25, 0.3) is 0 Å². The average molecular weight is 465 g/mol. The van der Waals surface area contributed by atoms with Crippen molar-refractivity contribution in [3.8, 4) is 11.3 Å². The molecule has 0 saturated carbocycles. The molecule has 0 aliphatic heterocycles. The molecule has 1 aromatic carbocycles. The maximum Gasteiger partial charge on any atom is 0.139 e. The topological polar surface area (TPSA) is 93.4 Å². The van der Waals surface area contributed by atoms with Crippen LogP contribution < -0.4 is 10.6 Å². The molecule has 0 unspecified atom stereocenters. The van der Waals surface area contributed by atoms with Crippen LogP contribution in [0.5, 0.6) is 0 Å². The Morgan fingerprint density at radius 1 is 0.829 bits per heavy atom. The van der Waals surface area contributed by atoms with Crippen LogP contribution in [0.25, 0.3) is 22.0 Å². The van der Waals surface area contributed by atoms with Crippen molar-refractivity contribution in [3.63, 3.8) is 0 Å². The molecule has 0 amide bonds. The van der Waals surface area contributed by atoms with Crippen LogP contribution in [0.2, 0.25) is 0 Å². The van der Waals surface area contributed by atoms with E-state index >= 15 is 0 Å². The van der Waals surface area contributed by atoms with Crippen molar-refractivity contribution in [1.29, 1.82) is 0 Å². The summed E-state index contributed by atoms with van der Waals surface area (Å²) in [5.41, 5.74) is 4.77. The Morgan fingerprint density at radius 3 is 2.40 bits per heavy atom. The normalized spacial score (nSPS) is 11.6. The van der Waals surface area contributed by atoms with Crippen molar-refractivity contribution < 1.29 is 0 Å². The fourth-order valence-electron chi connectivity index (χ4n) is 3.98. The molecule has 0 atom stereocenters. The summed E-state index contributed by atoms with van der Waals surface area (Å²) in [5.74, 6) is 2.39. The Balaban J connectivity index is 1.56. The van der Waals surface area contributed by atoms with E-state index in [2.05, 4.69) is 81.6 Å². The van der Waals surface area contributed by atoms with Gasteiger partial charge in [0.05, 0.1) is 17.1 Å². The number of nitrogens with zero attached hydrogens (tertiary/aromatic N) is 6. The second-order valence-corrected chi connectivity index (χ2v) is 9.54. The molecule has 4 heterocycles. The molecule has 4 aromatic heterocycles. The zero-order chi connectivity index (χ0) is 24.6. The molecule has 8 nitrogen and oxygen atoms in total. The van der Waals surface area contributed by atoms with Gasteiger partial charge in [-0.25, -0.2) is 19.9 Å². The van der Waals surface area contributed by atoms with Gasteiger partial charge in [0.1, 0.15) is 23.8 Å². The van der Waals surface area contributed by atoms with Crippen LogP contribution >= 0.6 is 0 Å². The number of hydrogen-bond acceptors (Lipinski definition) is 7. The van der Waals surface area contributed by atoms with E-state index in [0.29, 0.717) is 0 Å². The predicted octanol–water partition coefficient (Wildman–Crippen LogP) is 5.91. The van der Waals surface area contributed by atoms with Gasteiger partial charge in [-0.2, -0.15) is 5.10 Å². The first kappa shape index (κ1) is 22.5. The standard InChI is InChI=1S/C27H28N8/c1-17-8-9-19-18(10-14-30-25(19)32-23-15-22(27(2,3)4)34-35(23)5)24(17)33-26-20(7-6-12-29-26)21-11-13-28-16-31-21/h6-16H,1-5H3,(H,29,33)(H,30,32). The summed E-state index contributed by atoms with van der Waals surface area (Å²) in [5, 5.41) is 13.8. The summed E-state index contributed by atoms with van der Waals surface area (Å²) in [4.78, 5) is 17.7. The number of anilines is 4. The van der Waals surface area contributed by atoms with E-state index in [-0.39, 0.29) is 5.41 Å². The first-order valence-corrected chi connectivity index (χ1v) is 11.5. The van der Waals surface area contributed by atoms with Gasteiger partial charge in [-0.1, -0.05) is 32.9 Å². The Kier molecular flexibility index (Phi) is 5.64. The molecule has 0 fully saturated rings. The molecule has 0 spiro atoms. The molecule has 0 bridgehead atoms. The van der Waals surface area contributed by atoms with Crippen molar-refractivity contribution in [2.45, 2.75) is 33.1 Å². The number of aryl methyl sites for hydroxylation is 2. The third kappa shape index (κ3) is 4.42. The average Bonchev–Trinajstić information content (AvgIpc) is 3.22. The smallest absolute Gasteiger partial charge is 0.139 e. The van der Waals surface area contributed by atoms with Gasteiger partial charge < -0.3 is 10.6 Å². The van der Waals surface area contributed by atoms with Crippen molar-refractivity contribution in [1.82, 2.24) is 29.7 Å². The summed E-state index contributed by atoms with van der Waals surface area (Å²) < 4.78 is 1.86. The van der Waals surface area contributed by atoms with E-state index in [0.717, 1.165) is 56.4 Å². The van der Waals surface area contributed by atoms with Gasteiger partial charge in [-0.15, -0.1) is 0 Å². The summed E-state index contributed by atoms with van der Waals surface area (Å²) in [6.07, 6.45) is 6.87. The Morgan fingerprint density at radius 2 is 1.66 bits per heavy atom. The number of benzene rings is 1. The lowest BCUT2D eigenvalue weighted by atomic mass is 9.92. The Labute approximate surface area is 204 Å². The van der Waals surface area contributed by atoms with Crippen LogP contribution in [0.3, 0.4) is 0 Å². The summed E-state index contributed by atoms with van der Waals surface area (Å²) in [6, 6.07) is 14.1. The molecule has 0 saturated heterocycles. The highest BCUT2D eigenvalue weighted by atomic mass is 15.3. The molecular weight excluding hydrogens is 436 g/mol. The molecule has 8 heteroatoms. The van der Waals surface area contributed by atoms with Gasteiger partial charge in [-0.05, 0) is 36.8 Å². The van der Waals surface area contributed by atoms with E-state index < -0.39 is 0 Å². The lowest BCUT2D eigenvalue weighted by Gasteiger charge is -2.16. The Hall–Kier alpha value is -4.33. The molecule has 0 aliphatic carbocycles. The lowest BCUT2D eigenvalue weighted by Crippen LogP contribution is -2.12. The fourth-order valence-corrected chi connectivity index (χ4v) is 3.98. The first-order valence-electron chi connectivity index (χ1n) is 11.5. The molecule has 176 valence electrons. The Bertz CT molecular complexity index is 1500. The third-order valence-corrected chi connectivity index (χ3v) is 5.96. The number of rotatable bonds is 5. The zero-order valence-electron chi connectivity index (χ0n) is 20.5. The fraction of sp³-hybridized carbons (Fsp3) is 0.222.